The number of aliphatic imine (C=N–C) groups is 1. The number of carbonyl (C=O) groups excluding carboxylic acids is 1. The zero-order chi connectivity index (χ0) is 23.5. The molecule has 7 nitrogen and oxygen atoms in total. The largest absolute Gasteiger partial charge is 0.404 e. The van der Waals surface area contributed by atoms with Crippen LogP contribution in [0.1, 0.15) is 22.3 Å². The van der Waals surface area contributed by atoms with Crippen LogP contribution in [0, 0.1) is 17.1 Å². The molecule has 0 atom stereocenters. The van der Waals surface area contributed by atoms with Crippen molar-refractivity contribution in [1.82, 2.24) is 5.32 Å². The van der Waals surface area contributed by atoms with Gasteiger partial charge in [0, 0.05) is 31.1 Å². The highest BCUT2D eigenvalue weighted by Gasteiger charge is 2.16. The first-order valence-electron chi connectivity index (χ1n) is 9.80. The van der Waals surface area contributed by atoms with Crippen LogP contribution in [0.25, 0.3) is 5.70 Å². The second-order valence-corrected chi connectivity index (χ2v) is 6.94. The number of hydrogen-bond donors (Lipinski definition) is 3. The first-order chi connectivity index (χ1) is 15.4. The summed E-state index contributed by atoms with van der Waals surface area (Å²) in [5.41, 5.74) is 14.6. The predicted octanol–water partition coefficient (Wildman–Crippen LogP) is 2.57. The molecule has 0 saturated heterocycles. The summed E-state index contributed by atoms with van der Waals surface area (Å²) in [6.45, 7) is 3.91. The monoisotopic (exact) mass is 435 g/mol. The molecule has 8 heteroatoms. The minimum atomic E-state index is -0.502. The Labute approximate surface area is 186 Å². The smallest absolute Gasteiger partial charge is 0.254 e. The SMILES string of the molecule is C=C(N)c1ccc(CNC(=O)/C(=C/N)C(COC)=NCc2ccc(CC#N)cc2)c(F)c1. The molecule has 166 valence electrons. The van der Waals surface area contributed by atoms with Crippen molar-refractivity contribution in [3.05, 3.63) is 88.9 Å². The number of amides is 1. The summed E-state index contributed by atoms with van der Waals surface area (Å²) >= 11 is 0. The van der Waals surface area contributed by atoms with Crippen molar-refractivity contribution in [3.63, 3.8) is 0 Å². The number of nitrogens with two attached hydrogens (primary N) is 2. The lowest BCUT2D eigenvalue weighted by Gasteiger charge is -2.12. The zero-order valence-corrected chi connectivity index (χ0v) is 17.9. The molecule has 0 aromatic heterocycles. The van der Waals surface area contributed by atoms with E-state index in [9.17, 15) is 9.18 Å². The summed E-state index contributed by atoms with van der Waals surface area (Å²) in [5.74, 6) is -1.00. The van der Waals surface area contributed by atoms with Gasteiger partial charge in [0.05, 0.1) is 36.9 Å². The molecular formula is C24H26FN5O2. The molecule has 0 bridgehead atoms. The standard InChI is InChI=1S/C24H26FN5O2/c1-16(28)19-7-8-20(22(25)11-19)14-30-24(31)21(12-27)23(15-32-2)29-13-18-5-3-17(4-6-18)9-10-26/h3-8,11-12H,1,9,13-15,27-28H2,2H3,(H,30,31)/b21-12+,29-23?. The summed E-state index contributed by atoms with van der Waals surface area (Å²) in [6, 6.07) is 14.0. The van der Waals surface area contributed by atoms with E-state index in [1.165, 1.54) is 19.2 Å². The van der Waals surface area contributed by atoms with Crippen molar-refractivity contribution in [2.75, 3.05) is 13.7 Å². The van der Waals surface area contributed by atoms with Gasteiger partial charge < -0.3 is 21.5 Å². The normalized spacial score (nSPS) is 11.7. The third-order valence-electron chi connectivity index (χ3n) is 4.63. The van der Waals surface area contributed by atoms with Gasteiger partial charge in [0.15, 0.2) is 0 Å². The Kier molecular flexibility index (Phi) is 9.14. The Morgan fingerprint density at radius 3 is 2.53 bits per heavy atom. The van der Waals surface area contributed by atoms with E-state index in [0.717, 1.165) is 17.3 Å². The fourth-order valence-corrected chi connectivity index (χ4v) is 2.85. The summed E-state index contributed by atoms with van der Waals surface area (Å²) in [6.07, 6.45) is 1.49. The Bertz CT molecular complexity index is 1070. The third kappa shape index (κ3) is 6.79. The van der Waals surface area contributed by atoms with Crippen LogP contribution >= 0.6 is 0 Å². The van der Waals surface area contributed by atoms with Crippen molar-refractivity contribution in [2.24, 2.45) is 16.5 Å². The number of carbonyl (C=O) groups is 1. The minimum absolute atomic E-state index is 0.0417. The van der Waals surface area contributed by atoms with Crippen LogP contribution < -0.4 is 16.8 Å². The highest BCUT2D eigenvalue weighted by Crippen LogP contribution is 2.14. The fourth-order valence-electron chi connectivity index (χ4n) is 2.85. The topological polar surface area (TPSA) is 127 Å². The first kappa shape index (κ1) is 24.3. The molecule has 0 aliphatic rings. The highest BCUT2D eigenvalue weighted by molar-refractivity contribution is 6.22. The van der Waals surface area contributed by atoms with Crippen molar-refractivity contribution < 1.29 is 13.9 Å². The van der Waals surface area contributed by atoms with Gasteiger partial charge in [-0.25, -0.2) is 4.39 Å². The number of benzene rings is 2. The summed E-state index contributed by atoms with van der Waals surface area (Å²) < 4.78 is 19.4. The lowest BCUT2D eigenvalue weighted by Crippen LogP contribution is -2.30. The van der Waals surface area contributed by atoms with Crippen LogP contribution in [-0.2, 0) is 29.0 Å². The molecule has 2 aromatic rings. The lowest BCUT2D eigenvalue weighted by molar-refractivity contribution is -0.117. The predicted molar refractivity (Wildman–Crippen MR) is 123 cm³/mol. The molecule has 1 amide bonds. The number of nitriles is 1. The Morgan fingerprint density at radius 1 is 1.28 bits per heavy atom. The lowest BCUT2D eigenvalue weighted by atomic mass is 10.1. The maximum atomic E-state index is 14.3. The summed E-state index contributed by atoms with van der Waals surface area (Å²) in [5, 5.41) is 11.4. The van der Waals surface area contributed by atoms with Gasteiger partial charge in [0.25, 0.3) is 5.91 Å². The van der Waals surface area contributed by atoms with E-state index < -0.39 is 11.7 Å². The van der Waals surface area contributed by atoms with Crippen LogP contribution in [-0.4, -0.2) is 25.3 Å². The molecule has 0 aliphatic carbocycles. The van der Waals surface area contributed by atoms with Crippen LogP contribution in [0.4, 0.5) is 4.39 Å². The van der Waals surface area contributed by atoms with Gasteiger partial charge in [0.1, 0.15) is 5.82 Å². The van der Waals surface area contributed by atoms with Gasteiger partial charge in [0.2, 0.25) is 0 Å². The van der Waals surface area contributed by atoms with E-state index in [1.807, 2.05) is 24.3 Å². The number of halogens is 1. The van der Waals surface area contributed by atoms with E-state index in [-0.39, 0.29) is 24.4 Å². The first-order valence-corrected chi connectivity index (χ1v) is 9.80. The molecular weight excluding hydrogens is 409 g/mol. The van der Waals surface area contributed by atoms with E-state index >= 15 is 0 Å². The highest BCUT2D eigenvalue weighted by atomic mass is 19.1. The van der Waals surface area contributed by atoms with Gasteiger partial charge in [-0.15, -0.1) is 0 Å². The zero-order valence-electron chi connectivity index (χ0n) is 17.9. The molecule has 0 radical (unpaired) electrons. The van der Waals surface area contributed by atoms with Crippen LogP contribution in [0.2, 0.25) is 0 Å². The second-order valence-electron chi connectivity index (χ2n) is 6.94. The molecule has 2 aromatic carbocycles. The Balaban J connectivity index is 2.10. The molecule has 0 saturated carbocycles. The van der Waals surface area contributed by atoms with E-state index in [2.05, 4.69) is 23.0 Å². The minimum Gasteiger partial charge on any atom is -0.404 e. The Hall–Kier alpha value is -3.96. The molecule has 0 unspecified atom stereocenters. The van der Waals surface area contributed by atoms with Crippen molar-refractivity contribution in [2.45, 2.75) is 19.5 Å². The number of ether oxygens (including phenoxy) is 1. The Morgan fingerprint density at radius 2 is 1.97 bits per heavy atom. The average Bonchev–Trinajstić information content (AvgIpc) is 2.78. The molecule has 32 heavy (non-hydrogen) atoms. The van der Waals surface area contributed by atoms with Crippen LogP contribution in [0.15, 0.2) is 65.8 Å². The number of methoxy groups -OCH3 is 1. The number of rotatable bonds is 10. The number of nitrogens with one attached hydrogen (secondary N) is 1. The third-order valence-corrected chi connectivity index (χ3v) is 4.63. The molecule has 5 N–H and O–H groups in total. The van der Waals surface area contributed by atoms with Gasteiger partial charge in [-0.05, 0) is 22.8 Å². The van der Waals surface area contributed by atoms with E-state index in [4.69, 9.17) is 21.5 Å². The number of nitrogens with zero attached hydrogens (tertiary/aromatic N) is 2. The maximum absolute atomic E-state index is 14.3. The van der Waals surface area contributed by atoms with Crippen LogP contribution in [0.5, 0.6) is 0 Å². The van der Waals surface area contributed by atoms with E-state index in [1.54, 1.807) is 6.07 Å². The molecule has 0 spiro atoms. The molecule has 2 rings (SSSR count). The molecule has 0 aliphatic heterocycles. The van der Waals surface area contributed by atoms with Crippen molar-refractivity contribution in [1.29, 1.82) is 5.26 Å². The maximum Gasteiger partial charge on any atom is 0.254 e. The quantitative estimate of drug-likeness (QED) is 0.390. The summed E-state index contributed by atoms with van der Waals surface area (Å²) in [4.78, 5) is 17.2. The average molecular weight is 436 g/mol. The van der Waals surface area contributed by atoms with Gasteiger partial charge >= 0.3 is 0 Å². The van der Waals surface area contributed by atoms with Gasteiger partial charge in [-0.3, -0.25) is 9.79 Å². The van der Waals surface area contributed by atoms with Gasteiger partial charge in [-0.2, -0.15) is 5.26 Å². The fraction of sp³-hybridized carbons (Fsp3) is 0.208. The molecule has 0 fully saturated rings. The van der Waals surface area contributed by atoms with Gasteiger partial charge in [-0.1, -0.05) is 43.0 Å². The number of hydrogen-bond acceptors (Lipinski definition) is 6. The second kappa shape index (κ2) is 12.0. The van der Waals surface area contributed by atoms with E-state index in [0.29, 0.717) is 29.8 Å². The van der Waals surface area contributed by atoms with Crippen LogP contribution in [0.3, 0.4) is 0 Å². The van der Waals surface area contributed by atoms with Crippen molar-refractivity contribution in [3.8, 4) is 6.07 Å². The summed E-state index contributed by atoms with van der Waals surface area (Å²) in [7, 11) is 1.49. The molecule has 0 heterocycles. The van der Waals surface area contributed by atoms with Crippen molar-refractivity contribution >= 4 is 17.3 Å².